The van der Waals surface area contributed by atoms with E-state index in [0.29, 0.717) is 30.5 Å². The van der Waals surface area contributed by atoms with E-state index < -0.39 is 97.1 Å². The van der Waals surface area contributed by atoms with E-state index >= 15 is 8.78 Å². The first-order valence-electron chi connectivity index (χ1n) is 22.5. The van der Waals surface area contributed by atoms with Crippen LogP contribution in [-0.2, 0) is 68.9 Å². The Kier molecular flexibility index (Phi) is 19.0. The first kappa shape index (κ1) is 54.6. The topological polar surface area (TPSA) is 219 Å². The monoisotopic (exact) mass is 960 g/mol. The normalized spacial score (nSPS) is 18.8. The predicted molar refractivity (Wildman–Crippen MR) is 244 cm³/mol. The van der Waals surface area contributed by atoms with Gasteiger partial charge in [0.1, 0.15) is 12.1 Å². The molecule has 4 N–H and O–H groups in total. The van der Waals surface area contributed by atoms with Crippen LogP contribution in [0.5, 0.6) is 0 Å². The SMILES string of the molecule is CCCC[C@H](NC(=O)/C=C(\C)c1ccc(C(F)(F)P(=O)(OCOC(=O)C(C)(C)C)OCOC(=O)C(C)(C)C)cc1)C(=O)N1C[C@@H]2C[C@@H]2[C@@H]1C(=O)N[C@@H](CCC(N)=O)C(C)OCc1ccccc1. The third-order valence-electron chi connectivity index (χ3n) is 11.5. The Morgan fingerprint density at radius 2 is 1.46 bits per heavy atom. The highest BCUT2D eigenvalue weighted by atomic mass is 31.2. The Morgan fingerprint density at radius 3 is 2.00 bits per heavy atom. The molecule has 16 nitrogen and oxygen atoms in total. The molecule has 6 atom stereocenters. The number of esters is 2. The first-order chi connectivity index (χ1) is 31.3. The van der Waals surface area contributed by atoms with Gasteiger partial charge in [0, 0.05) is 24.6 Å². The second kappa shape index (κ2) is 23.3. The van der Waals surface area contributed by atoms with Gasteiger partial charge < -0.3 is 35.5 Å². The molecular formula is C48H67F2N4O12P. The number of carbonyl (C=O) groups is 6. The van der Waals surface area contributed by atoms with Crippen LogP contribution in [0.15, 0.2) is 60.7 Å². The van der Waals surface area contributed by atoms with Crippen molar-refractivity contribution in [3.05, 3.63) is 77.4 Å². The average Bonchev–Trinajstić information content (AvgIpc) is 3.92. The van der Waals surface area contributed by atoms with Crippen molar-refractivity contribution in [2.24, 2.45) is 28.4 Å². The van der Waals surface area contributed by atoms with Crippen molar-refractivity contribution in [1.82, 2.24) is 15.5 Å². The van der Waals surface area contributed by atoms with Gasteiger partial charge in [-0.15, -0.1) is 0 Å². The summed E-state index contributed by atoms with van der Waals surface area (Å²) in [6, 6.07) is 11.6. The summed E-state index contributed by atoms with van der Waals surface area (Å²) in [6.07, 6.45) is 3.33. The van der Waals surface area contributed by atoms with Crippen LogP contribution in [0.4, 0.5) is 8.78 Å². The average molecular weight is 961 g/mol. The van der Waals surface area contributed by atoms with E-state index in [2.05, 4.69) is 10.6 Å². The number of unbranched alkanes of at least 4 members (excludes halogenated alkanes) is 1. The molecule has 2 aliphatic rings. The summed E-state index contributed by atoms with van der Waals surface area (Å²) < 4.78 is 71.8. The predicted octanol–water partition coefficient (Wildman–Crippen LogP) is 7.34. The lowest BCUT2D eigenvalue weighted by atomic mass is 9.98. The number of amides is 4. The summed E-state index contributed by atoms with van der Waals surface area (Å²) in [5.41, 5.74) is -0.168. The third-order valence-corrected chi connectivity index (χ3v) is 13.4. The van der Waals surface area contributed by atoms with E-state index in [1.807, 2.05) is 37.3 Å². The Labute approximate surface area is 391 Å². The van der Waals surface area contributed by atoms with Gasteiger partial charge in [-0.25, -0.2) is 0 Å². The fraction of sp³-hybridized carbons (Fsp3) is 0.583. The highest BCUT2D eigenvalue weighted by Gasteiger charge is 2.58. The molecule has 4 amide bonds. The van der Waals surface area contributed by atoms with E-state index in [1.54, 1.807) is 13.8 Å². The number of fused-ring (bicyclic) bond motifs is 1. The quantitative estimate of drug-likeness (QED) is 0.0408. The van der Waals surface area contributed by atoms with E-state index in [9.17, 15) is 33.3 Å². The van der Waals surface area contributed by atoms with Crippen molar-refractivity contribution in [1.29, 1.82) is 0 Å². The standard InChI is InChI=1S/C48H67F2N4O12P/c1-10-11-17-38(43(58)54-26-34-25-36(34)41(54)42(57)53-37(22-23-39(51)55)31(3)62-27-32-15-13-12-14-16-32)52-40(56)24-30(2)33-18-20-35(21-19-33)48(49,50)67(61,65-28-63-44(59)46(4,5)6)66-29-64-45(60)47(7,8)9/h12-16,18-21,24,31,34,36-38,41H,10-11,17,22-23,25-29H2,1-9H3,(H2,51,55)(H,52,56)(H,53,57)/b30-24+/t31?,34-,36-,37-,38-,41+/m0/s1. The van der Waals surface area contributed by atoms with Crippen molar-refractivity contribution < 1.29 is 65.4 Å². The molecule has 2 aromatic rings. The van der Waals surface area contributed by atoms with E-state index in [-0.39, 0.29) is 37.2 Å². The molecule has 2 aromatic carbocycles. The van der Waals surface area contributed by atoms with Crippen LogP contribution >= 0.6 is 7.60 Å². The van der Waals surface area contributed by atoms with Crippen LogP contribution in [0.3, 0.4) is 0 Å². The highest BCUT2D eigenvalue weighted by Crippen LogP contribution is 2.67. The maximum Gasteiger partial charge on any atom is 0.410 e. The fourth-order valence-electron chi connectivity index (χ4n) is 7.32. The molecule has 1 saturated carbocycles. The molecule has 4 rings (SSSR count). The number of benzene rings is 2. The molecule has 19 heteroatoms. The molecule has 1 unspecified atom stereocenters. The van der Waals surface area contributed by atoms with E-state index in [4.69, 9.17) is 29.0 Å². The number of likely N-dealkylation sites (tertiary alicyclic amines) is 1. The van der Waals surface area contributed by atoms with Gasteiger partial charge >= 0.3 is 25.2 Å². The molecule has 2 fully saturated rings. The number of primary amides is 1. The number of rotatable bonds is 24. The molecule has 1 saturated heterocycles. The Balaban J connectivity index is 1.47. The van der Waals surface area contributed by atoms with Gasteiger partial charge in [0.25, 0.3) is 0 Å². The molecule has 67 heavy (non-hydrogen) atoms. The number of hydrogen-bond acceptors (Lipinski definition) is 12. The lowest BCUT2D eigenvalue weighted by molar-refractivity contribution is -0.163. The molecule has 0 radical (unpaired) electrons. The number of allylic oxidation sites excluding steroid dienone is 1. The van der Waals surface area contributed by atoms with Crippen LogP contribution in [0.25, 0.3) is 5.57 Å². The third kappa shape index (κ3) is 15.2. The molecule has 1 aliphatic carbocycles. The van der Waals surface area contributed by atoms with Crippen LogP contribution < -0.4 is 16.4 Å². The summed E-state index contributed by atoms with van der Waals surface area (Å²) in [7, 11) is -5.56. The number of ether oxygens (including phenoxy) is 3. The van der Waals surface area contributed by atoms with Crippen molar-refractivity contribution in [2.45, 2.75) is 137 Å². The largest absolute Gasteiger partial charge is 0.438 e. The molecular weight excluding hydrogens is 894 g/mol. The van der Waals surface area contributed by atoms with Gasteiger partial charge in [-0.3, -0.25) is 42.4 Å². The van der Waals surface area contributed by atoms with E-state index in [1.165, 1.54) is 64.7 Å². The highest BCUT2D eigenvalue weighted by molar-refractivity contribution is 7.54. The fourth-order valence-corrected chi connectivity index (χ4v) is 8.57. The van der Waals surface area contributed by atoms with Gasteiger partial charge in [0.05, 0.1) is 29.6 Å². The zero-order chi connectivity index (χ0) is 49.9. The molecule has 1 heterocycles. The van der Waals surface area contributed by atoms with Crippen molar-refractivity contribution in [2.75, 3.05) is 20.1 Å². The summed E-state index contributed by atoms with van der Waals surface area (Å²) in [5, 5.41) is 5.84. The minimum Gasteiger partial charge on any atom is -0.438 e. The number of halogens is 2. The van der Waals surface area contributed by atoms with Crippen LogP contribution in [0.1, 0.15) is 118 Å². The lowest BCUT2D eigenvalue weighted by Gasteiger charge is -2.33. The zero-order valence-corrected chi connectivity index (χ0v) is 40.8. The zero-order valence-electron chi connectivity index (χ0n) is 39.9. The van der Waals surface area contributed by atoms with Crippen molar-refractivity contribution >= 4 is 48.7 Å². The lowest BCUT2D eigenvalue weighted by Crippen LogP contribution is -2.57. The van der Waals surface area contributed by atoms with Crippen LogP contribution in [-0.4, -0.2) is 84.8 Å². The van der Waals surface area contributed by atoms with E-state index in [0.717, 1.165) is 30.5 Å². The molecule has 0 spiro atoms. The summed E-state index contributed by atoms with van der Waals surface area (Å²) in [5.74, 6) is -3.54. The minimum absolute atomic E-state index is 0.0137. The number of nitrogens with one attached hydrogen (secondary N) is 2. The Morgan fingerprint density at radius 1 is 0.881 bits per heavy atom. The summed E-state index contributed by atoms with van der Waals surface area (Å²) in [6.45, 7) is 12.7. The maximum atomic E-state index is 16.1. The van der Waals surface area contributed by atoms with Gasteiger partial charge in [-0.2, -0.15) is 8.78 Å². The van der Waals surface area contributed by atoms with Crippen molar-refractivity contribution in [3.8, 4) is 0 Å². The number of nitrogens with two attached hydrogens (primary N) is 1. The Bertz CT molecular complexity index is 2110. The van der Waals surface area contributed by atoms with Gasteiger partial charge in [0.2, 0.25) is 37.2 Å². The van der Waals surface area contributed by atoms with Crippen molar-refractivity contribution in [3.63, 3.8) is 0 Å². The first-order valence-corrected chi connectivity index (χ1v) is 24.1. The number of nitrogens with zero attached hydrogens (tertiary/aromatic N) is 1. The number of carbonyl (C=O) groups excluding carboxylic acids is 6. The number of hydrogen-bond donors (Lipinski definition) is 3. The van der Waals surface area contributed by atoms with Gasteiger partial charge in [-0.05, 0) is 103 Å². The maximum absolute atomic E-state index is 16.1. The Hall–Kier alpha value is -5.03. The second-order valence-corrected chi connectivity index (χ2v) is 21.3. The van der Waals surface area contributed by atoms with Gasteiger partial charge in [-0.1, -0.05) is 74.4 Å². The molecule has 1 aliphatic heterocycles. The minimum atomic E-state index is -5.56. The van der Waals surface area contributed by atoms with Crippen LogP contribution in [0.2, 0.25) is 0 Å². The molecule has 0 aromatic heterocycles. The second-order valence-electron chi connectivity index (χ2n) is 19.2. The smallest absolute Gasteiger partial charge is 0.410 e. The van der Waals surface area contributed by atoms with Crippen LogP contribution in [0, 0.1) is 22.7 Å². The summed E-state index contributed by atoms with van der Waals surface area (Å²) in [4.78, 5) is 79.7. The number of piperidine rings is 1. The van der Waals surface area contributed by atoms with Gasteiger partial charge in [0.15, 0.2) is 0 Å². The summed E-state index contributed by atoms with van der Waals surface area (Å²) >= 11 is 0. The number of alkyl halides is 2. The molecule has 0 bridgehead atoms. The molecule has 370 valence electrons.